The maximum atomic E-state index is 11.3. The van der Waals surface area contributed by atoms with Gasteiger partial charge in [0.1, 0.15) is 18.1 Å². The molecule has 0 atom stereocenters. The van der Waals surface area contributed by atoms with E-state index in [1.165, 1.54) is 58.8 Å². The molecule has 6 heteroatoms. The molecular weight excluding hydrogens is 450 g/mol. The molecule has 0 unspecified atom stereocenters. The van der Waals surface area contributed by atoms with Gasteiger partial charge in [-0.25, -0.2) is 4.79 Å². The molecule has 0 fully saturated rings. The summed E-state index contributed by atoms with van der Waals surface area (Å²) in [5.74, 6) is -0.549. The fourth-order valence-corrected chi connectivity index (χ4v) is 3.61. The molecule has 2 aromatic rings. The average Bonchev–Trinajstić information content (AvgIpc) is 2.81. The van der Waals surface area contributed by atoms with Crippen LogP contribution in [0.1, 0.15) is 89.7 Å². The van der Waals surface area contributed by atoms with Crippen LogP contribution in [0.25, 0.3) is 0 Å². The number of rotatable bonds is 16. The van der Waals surface area contributed by atoms with Crippen LogP contribution < -0.4 is 4.74 Å². The predicted octanol–water partition coefficient (Wildman–Crippen LogP) is 7.88. The molecule has 0 aliphatic carbocycles. The number of carbonyl (C=O) groups is 1. The molecule has 0 amide bonds. The lowest BCUT2D eigenvalue weighted by Gasteiger charge is -2.21. The highest BCUT2D eigenvalue weighted by molar-refractivity contribution is 6.30. The van der Waals surface area contributed by atoms with Crippen molar-refractivity contribution in [2.75, 3.05) is 6.61 Å². The summed E-state index contributed by atoms with van der Waals surface area (Å²) in [4.78, 5) is 17.0. The van der Waals surface area contributed by atoms with Crippen LogP contribution in [0.3, 0.4) is 0 Å². The summed E-state index contributed by atoms with van der Waals surface area (Å²) in [7, 11) is 0. The van der Waals surface area contributed by atoms with E-state index in [0.717, 1.165) is 24.0 Å². The van der Waals surface area contributed by atoms with Crippen molar-refractivity contribution in [3.05, 3.63) is 64.7 Å². The summed E-state index contributed by atoms with van der Waals surface area (Å²) in [5.41, 5.74) is 1.11. The summed E-state index contributed by atoms with van der Waals surface area (Å²) in [5, 5.41) is 14.4. The lowest BCUT2D eigenvalue weighted by molar-refractivity contribution is -0.152. The van der Waals surface area contributed by atoms with Crippen molar-refractivity contribution in [1.29, 1.82) is 0 Å². The number of hydrogen-bond donors (Lipinski definition) is 1. The second kappa shape index (κ2) is 14.7. The van der Waals surface area contributed by atoms with Crippen molar-refractivity contribution in [3.63, 3.8) is 0 Å². The highest BCUT2D eigenvalue weighted by Gasteiger charge is 2.29. The lowest BCUT2D eigenvalue weighted by Crippen LogP contribution is -2.37. The van der Waals surface area contributed by atoms with Gasteiger partial charge in [-0.05, 0) is 63.1 Å². The highest BCUT2D eigenvalue weighted by Crippen LogP contribution is 2.22. The quantitative estimate of drug-likeness (QED) is 0.148. The van der Waals surface area contributed by atoms with Crippen LogP contribution in [0.2, 0.25) is 5.02 Å². The fraction of sp³-hybridized carbons (Fsp3) is 0.500. The van der Waals surface area contributed by atoms with Gasteiger partial charge in [0.2, 0.25) is 0 Å². The second-order valence-electron chi connectivity index (χ2n) is 9.05. The molecule has 0 aliphatic heterocycles. The van der Waals surface area contributed by atoms with Crippen molar-refractivity contribution in [2.45, 2.75) is 84.2 Å². The van der Waals surface area contributed by atoms with Gasteiger partial charge in [-0.2, -0.15) is 0 Å². The maximum Gasteiger partial charge on any atom is 0.347 e. The smallest absolute Gasteiger partial charge is 0.347 e. The minimum absolute atomic E-state index is 0.474. The van der Waals surface area contributed by atoms with Crippen LogP contribution in [0, 0.1) is 0 Å². The molecule has 186 valence electrons. The maximum absolute atomic E-state index is 11.3. The molecule has 0 bridgehead atoms. The number of oxime groups is 1. The molecular formula is C28H38ClNO4. The monoisotopic (exact) mass is 487 g/mol. The minimum atomic E-state index is -1.31. The molecule has 2 rings (SSSR count). The summed E-state index contributed by atoms with van der Waals surface area (Å²) in [6, 6.07) is 14.6. The van der Waals surface area contributed by atoms with Crippen LogP contribution in [0.5, 0.6) is 5.75 Å². The van der Waals surface area contributed by atoms with Gasteiger partial charge in [0.15, 0.2) is 5.60 Å². The van der Waals surface area contributed by atoms with Crippen molar-refractivity contribution in [1.82, 2.24) is 0 Å². The molecule has 5 nitrogen and oxygen atoms in total. The molecule has 0 saturated carbocycles. The first-order chi connectivity index (χ1) is 16.3. The Labute approximate surface area is 209 Å². The number of carboxylic acids is 1. The van der Waals surface area contributed by atoms with Gasteiger partial charge < -0.3 is 14.7 Å². The summed E-state index contributed by atoms with van der Waals surface area (Å²) in [6.07, 6.45) is 11.3. The Bertz CT molecular complexity index is 892. The number of hydrogen-bond acceptors (Lipinski definition) is 4. The van der Waals surface area contributed by atoms with Crippen molar-refractivity contribution < 1.29 is 19.5 Å². The zero-order valence-electron chi connectivity index (χ0n) is 20.7. The Balaban J connectivity index is 1.95. The van der Waals surface area contributed by atoms with E-state index in [0.29, 0.717) is 23.1 Å². The van der Waals surface area contributed by atoms with Crippen molar-refractivity contribution in [2.24, 2.45) is 5.16 Å². The molecule has 0 spiro atoms. The predicted molar refractivity (Wildman–Crippen MR) is 139 cm³/mol. The van der Waals surface area contributed by atoms with Gasteiger partial charge >= 0.3 is 5.97 Å². The van der Waals surface area contributed by atoms with Gasteiger partial charge in [-0.1, -0.05) is 80.8 Å². The Morgan fingerprint density at radius 2 is 1.35 bits per heavy atom. The van der Waals surface area contributed by atoms with Crippen LogP contribution in [-0.2, 0) is 9.63 Å². The zero-order chi connectivity index (χ0) is 24.8. The minimum Gasteiger partial charge on any atom is -0.478 e. The normalized spacial score (nSPS) is 11.9. The largest absolute Gasteiger partial charge is 0.478 e. The average molecular weight is 488 g/mol. The summed E-state index contributed by atoms with van der Waals surface area (Å²) < 4.78 is 5.60. The molecule has 0 saturated heterocycles. The van der Waals surface area contributed by atoms with Gasteiger partial charge in [0.25, 0.3) is 0 Å². The first kappa shape index (κ1) is 27.7. The molecule has 0 aromatic heterocycles. The van der Waals surface area contributed by atoms with Gasteiger partial charge in [0.05, 0.1) is 0 Å². The Kier molecular flexibility index (Phi) is 12.0. The van der Waals surface area contributed by atoms with Crippen LogP contribution in [0.15, 0.2) is 53.7 Å². The van der Waals surface area contributed by atoms with E-state index in [9.17, 15) is 9.90 Å². The van der Waals surface area contributed by atoms with Crippen molar-refractivity contribution >= 4 is 23.3 Å². The summed E-state index contributed by atoms with van der Waals surface area (Å²) in [6.45, 7) is 5.85. The molecule has 1 N–H and O–H groups in total. The van der Waals surface area contributed by atoms with E-state index in [1.54, 1.807) is 12.1 Å². The van der Waals surface area contributed by atoms with E-state index >= 15 is 0 Å². The number of aliphatic carboxylic acids is 1. The lowest BCUT2D eigenvalue weighted by atomic mass is 10.0. The number of ether oxygens (including phenoxy) is 1. The third-order valence-electron chi connectivity index (χ3n) is 5.63. The Morgan fingerprint density at radius 3 is 1.88 bits per heavy atom. The van der Waals surface area contributed by atoms with Crippen LogP contribution >= 0.6 is 11.6 Å². The number of halogens is 1. The third kappa shape index (κ3) is 9.76. The number of nitrogens with zero attached hydrogens (tertiary/aromatic N) is 1. The third-order valence-corrected chi connectivity index (χ3v) is 5.88. The van der Waals surface area contributed by atoms with E-state index in [1.807, 2.05) is 36.4 Å². The van der Waals surface area contributed by atoms with E-state index in [4.69, 9.17) is 21.2 Å². The fourth-order valence-electron chi connectivity index (χ4n) is 3.49. The molecule has 0 aliphatic rings. The van der Waals surface area contributed by atoms with Crippen LogP contribution in [-0.4, -0.2) is 29.0 Å². The first-order valence-corrected chi connectivity index (χ1v) is 12.7. The molecule has 0 heterocycles. The van der Waals surface area contributed by atoms with Crippen LogP contribution in [0.4, 0.5) is 0 Å². The van der Waals surface area contributed by atoms with Gasteiger partial charge in [-0.15, -0.1) is 0 Å². The number of unbranched alkanes of at least 4 members (excludes halogenated alkanes) is 8. The SMILES string of the molecule is CCCCCCCCCCCO/N=C(/c1ccc(Cl)cc1)c1ccc(OC(C)(C)C(=O)O)cc1. The van der Waals surface area contributed by atoms with E-state index < -0.39 is 11.6 Å². The number of carboxylic acid groups (broad SMARTS) is 1. The van der Waals surface area contributed by atoms with Crippen molar-refractivity contribution in [3.8, 4) is 5.75 Å². The van der Waals surface area contributed by atoms with E-state index in [2.05, 4.69) is 12.1 Å². The Morgan fingerprint density at radius 1 is 0.853 bits per heavy atom. The van der Waals surface area contributed by atoms with E-state index in [-0.39, 0.29) is 0 Å². The second-order valence-corrected chi connectivity index (χ2v) is 9.49. The van der Waals surface area contributed by atoms with Gasteiger partial charge in [0, 0.05) is 16.1 Å². The molecule has 2 aromatic carbocycles. The highest BCUT2D eigenvalue weighted by atomic mass is 35.5. The summed E-state index contributed by atoms with van der Waals surface area (Å²) >= 11 is 6.06. The Hall–Kier alpha value is -2.53. The number of benzene rings is 2. The first-order valence-electron chi connectivity index (χ1n) is 12.3. The standard InChI is InChI=1S/C28H38ClNO4/c1-4-5-6-7-8-9-10-11-12-21-33-30-26(22-13-17-24(29)18-14-22)23-15-19-25(20-16-23)34-28(2,3)27(31)32/h13-20H,4-12,21H2,1-3H3,(H,31,32)/b30-26-. The molecule has 0 radical (unpaired) electrons. The topological polar surface area (TPSA) is 68.1 Å². The zero-order valence-corrected chi connectivity index (χ0v) is 21.4. The van der Waals surface area contributed by atoms with Gasteiger partial charge in [-0.3, -0.25) is 0 Å². The molecule has 34 heavy (non-hydrogen) atoms.